The van der Waals surface area contributed by atoms with E-state index in [1.165, 1.54) is 18.2 Å². The number of nitrogens with one attached hydrogen (secondary N) is 1. The number of ether oxygens (including phenoxy) is 1. The fourth-order valence-electron chi connectivity index (χ4n) is 4.96. The van der Waals surface area contributed by atoms with Crippen LogP contribution in [0.5, 0.6) is 0 Å². The van der Waals surface area contributed by atoms with Gasteiger partial charge in [0.25, 0.3) is 5.91 Å². The number of likely N-dealkylation sites (N-methyl/N-ethyl adjacent to an activating group) is 1. The molecule has 1 fully saturated rings. The monoisotopic (exact) mass is 487 g/mol. The lowest BCUT2D eigenvalue weighted by molar-refractivity contribution is -0.143. The quantitative estimate of drug-likeness (QED) is 0.603. The Morgan fingerprint density at radius 1 is 1.14 bits per heavy atom. The molecule has 1 aliphatic carbocycles. The van der Waals surface area contributed by atoms with E-state index in [1.807, 2.05) is 32.0 Å². The van der Waals surface area contributed by atoms with Crippen molar-refractivity contribution >= 4 is 11.9 Å². The fraction of sp³-hybridized carbons (Fsp3) is 0.462. The Hall–Kier alpha value is -3.20. The molecule has 1 amide bonds. The summed E-state index contributed by atoms with van der Waals surface area (Å²) in [6.45, 7) is 3.99. The lowest BCUT2D eigenvalue weighted by Crippen LogP contribution is -2.40. The Bertz CT molecular complexity index is 1090. The number of carboxylic acid groups (broad SMARTS) is 1. The molecule has 3 aliphatic rings. The van der Waals surface area contributed by atoms with Crippen molar-refractivity contribution in [1.29, 1.82) is 0 Å². The van der Waals surface area contributed by atoms with Crippen LogP contribution in [0.4, 0.5) is 8.78 Å². The molecule has 1 saturated carbocycles. The highest BCUT2D eigenvalue weighted by molar-refractivity contribution is 5.96. The topological polar surface area (TPSA) is 82.1 Å². The van der Waals surface area contributed by atoms with Gasteiger partial charge in [-0.1, -0.05) is 6.07 Å². The summed E-state index contributed by atoms with van der Waals surface area (Å²) in [6, 6.07) is 3.43. The molecule has 2 N–H and O–H groups in total. The smallest absolute Gasteiger partial charge is 0.306 e. The summed E-state index contributed by atoms with van der Waals surface area (Å²) in [5.74, 6) is -1.94. The summed E-state index contributed by atoms with van der Waals surface area (Å²) < 4.78 is 34.0. The Labute approximate surface area is 203 Å². The molecule has 7 nitrogen and oxygen atoms in total. The number of nitrogens with zero attached hydrogens (tertiary/aromatic N) is 2. The van der Waals surface area contributed by atoms with Gasteiger partial charge in [0.15, 0.2) is 0 Å². The molecule has 0 spiro atoms. The van der Waals surface area contributed by atoms with Crippen LogP contribution in [0.15, 0.2) is 53.1 Å². The first-order valence-corrected chi connectivity index (χ1v) is 11.9. The molecule has 0 saturated heterocycles. The minimum atomic E-state index is -0.745. The van der Waals surface area contributed by atoms with Crippen LogP contribution in [0, 0.1) is 23.5 Å². The average Bonchev–Trinajstić information content (AvgIpc) is 3.07. The van der Waals surface area contributed by atoms with Gasteiger partial charge in [0.2, 0.25) is 5.88 Å². The van der Waals surface area contributed by atoms with Crippen LogP contribution in [0.2, 0.25) is 0 Å². The molecule has 2 aliphatic heterocycles. The zero-order chi connectivity index (χ0) is 25.3. The first kappa shape index (κ1) is 24.9. The molecule has 4 rings (SSSR count). The number of halogens is 2. The van der Waals surface area contributed by atoms with E-state index in [-0.39, 0.29) is 36.0 Å². The van der Waals surface area contributed by atoms with Gasteiger partial charge in [-0.15, -0.1) is 0 Å². The highest BCUT2D eigenvalue weighted by Crippen LogP contribution is 2.37. The number of hydrogen-bond donors (Lipinski definition) is 2. The van der Waals surface area contributed by atoms with Crippen LogP contribution < -0.4 is 5.32 Å². The zero-order valence-electron chi connectivity index (χ0n) is 20.2. The molecule has 0 aromatic heterocycles. The number of carboxylic acids is 1. The predicted molar refractivity (Wildman–Crippen MR) is 125 cm³/mol. The second kappa shape index (κ2) is 10.2. The van der Waals surface area contributed by atoms with Gasteiger partial charge < -0.3 is 15.2 Å². The van der Waals surface area contributed by atoms with Gasteiger partial charge >= 0.3 is 5.97 Å². The predicted octanol–water partition coefficient (Wildman–Crippen LogP) is 4.09. The van der Waals surface area contributed by atoms with Crippen molar-refractivity contribution in [2.75, 3.05) is 13.6 Å². The van der Waals surface area contributed by atoms with Crippen molar-refractivity contribution < 1.29 is 28.2 Å². The maximum absolute atomic E-state index is 14.1. The highest BCUT2D eigenvalue weighted by Gasteiger charge is 2.40. The highest BCUT2D eigenvalue weighted by atomic mass is 19.1. The summed E-state index contributed by atoms with van der Waals surface area (Å²) in [4.78, 5) is 24.4. The number of rotatable bonds is 7. The largest absolute Gasteiger partial charge is 0.481 e. The van der Waals surface area contributed by atoms with E-state index in [0.29, 0.717) is 36.5 Å². The van der Waals surface area contributed by atoms with Crippen molar-refractivity contribution in [3.05, 3.63) is 70.3 Å². The SMILES string of the molecule is CC1=CC2=C(C(=O)NCC3CCC(C(=O)O)CC3)C(C)N(C)N2C(OCc2c(F)cccc2F)=C1. The van der Waals surface area contributed by atoms with Crippen LogP contribution in [0.3, 0.4) is 0 Å². The number of carbonyl (C=O) groups is 2. The number of aliphatic carboxylic acids is 1. The molecule has 1 atom stereocenters. The summed E-state index contributed by atoms with van der Waals surface area (Å²) in [5, 5.41) is 15.8. The van der Waals surface area contributed by atoms with E-state index < -0.39 is 17.6 Å². The third-order valence-corrected chi connectivity index (χ3v) is 7.14. The van der Waals surface area contributed by atoms with Crippen molar-refractivity contribution in [2.45, 2.75) is 52.2 Å². The summed E-state index contributed by atoms with van der Waals surface area (Å²) >= 11 is 0. The van der Waals surface area contributed by atoms with Crippen molar-refractivity contribution in [3.8, 4) is 0 Å². The van der Waals surface area contributed by atoms with Crippen molar-refractivity contribution in [3.63, 3.8) is 0 Å². The Morgan fingerprint density at radius 2 is 1.80 bits per heavy atom. The standard InChI is InChI=1S/C26H31F2N3O4/c1-15-11-22-24(25(32)29-13-17-7-9-18(10-8-17)26(33)34)16(2)30(3)31(22)23(12-15)35-14-19-20(27)5-4-6-21(19)28/h4-6,11-12,16-18H,7-10,13-14H2,1-3H3,(H,29,32)(H,33,34). The lowest BCUT2D eigenvalue weighted by Gasteiger charge is -2.34. The Kier molecular flexibility index (Phi) is 7.25. The first-order valence-electron chi connectivity index (χ1n) is 11.9. The van der Waals surface area contributed by atoms with Crippen LogP contribution in [0.25, 0.3) is 0 Å². The molecule has 2 heterocycles. The molecular weight excluding hydrogens is 456 g/mol. The maximum atomic E-state index is 14.1. The van der Waals surface area contributed by atoms with E-state index >= 15 is 0 Å². The molecular formula is C26H31F2N3O4. The average molecular weight is 488 g/mol. The number of hydrogen-bond acceptors (Lipinski definition) is 5. The van der Waals surface area contributed by atoms with Gasteiger partial charge in [0.1, 0.15) is 18.2 Å². The van der Waals surface area contributed by atoms with Crippen molar-refractivity contribution in [1.82, 2.24) is 15.3 Å². The molecule has 0 radical (unpaired) electrons. The molecule has 9 heteroatoms. The Morgan fingerprint density at radius 3 is 2.43 bits per heavy atom. The van der Waals surface area contributed by atoms with Gasteiger partial charge in [-0.3, -0.25) is 9.59 Å². The number of hydrazine groups is 1. The number of carbonyl (C=O) groups excluding carboxylic acids is 1. The fourth-order valence-corrected chi connectivity index (χ4v) is 4.96. The summed E-state index contributed by atoms with van der Waals surface area (Å²) in [5.41, 5.74) is 1.94. The number of fused-ring (bicyclic) bond motifs is 1. The number of allylic oxidation sites excluding steroid dienone is 3. The second-order valence-corrected chi connectivity index (χ2v) is 9.49. The van der Waals surface area contributed by atoms with E-state index in [0.717, 1.165) is 18.4 Å². The minimum absolute atomic E-state index is 0.156. The lowest BCUT2D eigenvalue weighted by atomic mass is 9.82. The molecule has 1 aromatic rings. The second-order valence-electron chi connectivity index (χ2n) is 9.49. The van der Waals surface area contributed by atoms with E-state index in [1.54, 1.807) is 11.1 Å². The van der Waals surface area contributed by atoms with Crippen molar-refractivity contribution in [2.24, 2.45) is 11.8 Å². The molecule has 188 valence electrons. The van der Waals surface area contributed by atoms with Gasteiger partial charge in [0, 0.05) is 19.7 Å². The molecule has 35 heavy (non-hydrogen) atoms. The maximum Gasteiger partial charge on any atom is 0.306 e. The normalized spacial score (nSPS) is 24.6. The number of benzene rings is 1. The minimum Gasteiger partial charge on any atom is -0.481 e. The number of amides is 1. The van der Waals surface area contributed by atoms with Crippen LogP contribution in [-0.2, 0) is 20.9 Å². The molecule has 0 bridgehead atoms. The van der Waals surface area contributed by atoms with E-state index in [4.69, 9.17) is 4.74 Å². The third kappa shape index (κ3) is 5.10. The van der Waals surface area contributed by atoms with Gasteiger partial charge in [-0.2, -0.15) is 0 Å². The van der Waals surface area contributed by atoms with Gasteiger partial charge in [0.05, 0.1) is 28.8 Å². The van der Waals surface area contributed by atoms with E-state index in [9.17, 15) is 23.5 Å². The summed E-state index contributed by atoms with van der Waals surface area (Å²) in [6.07, 6.45) is 6.48. The third-order valence-electron chi connectivity index (χ3n) is 7.14. The molecule has 1 unspecified atom stereocenters. The Balaban J connectivity index is 1.47. The summed E-state index contributed by atoms with van der Waals surface area (Å²) in [7, 11) is 1.83. The zero-order valence-corrected chi connectivity index (χ0v) is 20.2. The van der Waals surface area contributed by atoms with Crippen LogP contribution >= 0.6 is 0 Å². The van der Waals surface area contributed by atoms with Crippen LogP contribution in [0.1, 0.15) is 45.1 Å². The van der Waals surface area contributed by atoms with Gasteiger partial charge in [-0.25, -0.2) is 18.8 Å². The van der Waals surface area contributed by atoms with Crippen LogP contribution in [-0.4, -0.2) is 46.6 Å². The first-order chi connectivity index (χ1) is 16.7. The van der Waals surface area contributed by atoms with E-state index in [2.05, 4.69) is 5.32 Å². The molecule has 1 aromatic carbocycles. The van der Waals surface area contributed by atoms with Gasteiger partial charge in [-0.05, 0) is 69.2 Å².